The summed E-state index contributed by atoms with van der Waals surface area (Å²) in [5.41, 5.74) is -0.765. The summed E-state index contributed by atoms with van der Waals surface area (Å²) in [5, 5.41) is 13.8. The number of piperidine rings is 1. The Balaban J connectivity index is 2.24. The van der Waals surface area contributed by atoms with Gasteiger partial charge in [0.05, 0.1) is 24.4 Å². The van der Waals surface area contributed by atoms with Crippen LogP contribution in [0.3, 0.4) is 0 Å². The van der Waals surface area contributed by atoms with E-state index in [9.17, 15) is 5.21 Å². The summed E-state index contributed by atoms with van der Waals surface area (Å²) in [6, 6.07) is 0. The lowest BCUT2D eigenvalue weighted by atomic mass is 9.80. The summed E-state index contributed by atoms with van der Waals surface area (Å²) in [4.78, 5) is 0. The predicted molar refractivity (Wildman–Crippen MR) is 123 cm³/mol. The first kappa shape index (κ1) is 27.8. The third-order valence-electron chi connectivity index (χ3n) is 6.41. The summed E-state index contributed by atoms with van der Waals surface area (Å²) in [7, 11) is 0. The van der Waals surface area contributed by atoms with Crippen molar-refractivity contribution in [3.05, 3.63) is 0 Å². The number of unbranched alkanes of at least 4 members (excludes halogenated alkanes) is 3. The molecule has 0 aromatic rings. The summed E-state index contributed by atoms with van der Waals surface area (Å²) in [5.74, 6) is 0. The Morgan fingerprint density at radius 3 is 1.80 bits per heavy atom. The van der Waals surface area contributed by atoms with E-state index in [1.807, 2.05) is 27.7 Å². The van der Waals surface area contributed by atoms with Gasteiger partial charge in [-0.3, -0.25) is 0 Å². The summed E-state index contributed by atoms with van der Waals surface area (Å²) < 4.78 is 18.2. The Bertz CT molecular complexity index is 436. The van der Waals surface area contributed by atoms with Gasteiger partial charge in [-0.05, 0) is 86.5 Å². The minimum absolute atomic E-state index is 0.134. The van der Waals surface area contributed by atoms with Crippen LogP contribution in [0, 0.1) is 0 Å². The number of hydrogen-bond donors (Lipinski definition) is 0. The van der Waals surface area contributed by atoms with Crippen molar-refractivity contribution in [1.29, 1.82) is 0 Å². The molecule has 1 aliphatic rings. The van der Waals surface area contributed by atoms with Crippen LogP contribution >= 0.6 is 0 Å². The molecule has 0 spiro atoms. The second-order valence-electron chi connectivity index (χ2n) is 10.5. The first-order valence-electron chi connectivity index (χ1n) is 12.4. The first-order valence-corrected chi connectivity index (χ1v) is 12.4. The highest BCUT2D eigenvalue weighted by atomic mass is 16.5. The minimum atomic E-state index is -0.382. The maximum atomic E-state index is 12.6. The second kappa shape index (κ2) is 13.4. The number of nitrogens with zero attached hydrogens (tertiary/aromatic N) is 1. The molecule has 5 nitrogen and oxygen atoms in total. The quantitative estimate of drug-likeness (QED) is 0.286. The molecule has 0 aromatic heterocycles. The first-order chi connectivity index (χ1) is 14.0. The Hall–Kier alpha value is -0.200. The molecule has 179 valence electrons. The Morgan fingerprint density at radius 2 is 1.33 bits per heavy atom. The summed E-state index contributed by atoms with van der Waals surface area (Å²) in [6.45, 7) is 18.4. The van der Waals surface area contributed by atoms with Crippen LogP contribution in [0.25, 0.3) is 0 Å². The zero-order chi connectivity index (χ0) is 22.8. The summed E-state index contributed by atoms with van der Waals surface area (Å²) in [6.07, 6.45) is 10.1. The molecule has 3 unspecified atom stereocenters. The van der Waals surface area contributed by atoms with Crippen LogP contribution in [-0.2, 0) is 19.4 Å². The molecule has 1 radical (unpaired) electrons. The molecule has 0 bridgehead atoms. The number of ether oxygens (including phenoxy) is 3. The van der Waals surface area contributed by atoms with Gasteiger partial charge in [-0.2, -0.15) is 0 Å². The van der Waals surface area contributed by atoms with Crippen LogP contribution in [0.5, 0.6) is 0 Å². The molecule has 0 amide bonds. The van der Waals surface area contributed by atoms with Crippen LogP contribution in [0.4, 0.5) is 0 Å². The Labute approximate surface area is 186 Å². The number of hydroxylamine groups is 2. The molecule has 1 saturated heterocycles. The third-order valence-corrected chi connectivity index (χ3v) is 6.41. The van der Waals surface area contributed by atoms with Crippen LogP contribution in [0.15, 0.2) is 0 Å². The molecule has 1 heterocycles. The van der Waals surface area contributed by atoms with Gasteiger partial charge >= 0.3 is 0 Å². The van der Waals surface area contributed by atoms with Crippen molar-refractivity contribution in [3.63, 3.8) is 0 Å². The molecule has 1 fully saturated rings. The molecule has 0 aliphatic carbocycles. The Morgan fingerprint density at radius 1 is 0.833 bits per heavy atom. The smallest absolute Gasteiger partial charge is 0.0615 e. The van der Waals surface area contributed by atoms with Gasteiger partial charge in [0.25, 0.3) is 0 Å². The molecule has 1 aliphatic heterocycles. The van der Waals surface area contributed by atoms with Crippen LogP contribution in [0.1, 0.15) is 113 Å². The average molecular weight is 429 g/mol. The van der Waals surface area contributed by atoms with Gasteiger partial charge in [0.1, 0.15) is 0 Å². The fourth-order valence-electron chi connectivity index (χ4n) is 4.54. The largest absolute Gasteiger partial charge is 0.379 e. The van der Waals surface area contributed by atoms with E-state index >= 15 is 0 Å². The monoisotopic (exact) mass is 428 g/mol. The van der Waals surface area contributed by atoms with Crippen molar-refractivity contribution < 1.29 is 19.4 Å². The second-order valence-corrected chi connectivity index (χ2v) is 10.5. The maximum absolute atomic E-state index is 12.6. The van der Waals surface area contributed by atoms with Crippen molar-refractivity contribution in [2.75, 3.05) is 13.2 Å². The standard InChI is InChI=1S/C25H50NO4/c1-9-20(3)28-15-13-11-12-14-16-29-21(4)17-22(10-2)30-23-18-24(5,6)26(27)25(7,8)19-23/h20-23H,9-19H2,1-8H3. The molecule has 5 heteroatoms. The number of hydrogen-bond acceptors (Lipinski definition) is 4. The maximum Gasteiger partial charge on any atom is 0.0615 e. The molecule has 0 N–H and O–H groups in total. The highest BCUT2D eigenvalue weighted by Gasteiger charge is 2.47. The van der Waals surface area contributed by atoms with E-state index in [4.69, 9.17) is 14.2 Å². The van der Waals surface area contributed by atoms with Crippen molar-refractivity contribution in [3.8, 4) is 0 Å². The van der Waals surface area contributed by atoms with Gasteiger partial charge in [0.15, 0.2) is 0 Å². The van der Waals surface area contributed by atoms with Gasteiger partial charge in [0.2, 0.25) is 0 Å². The zero-order valence-electron chi connectivity index (χ0n) is 21.2. The third kappa shape index (κ3) is 9.95. The minimum Gasteiger partial charge on any atom is -0.379 e. The van der Waals surface area contributed by atoms with Gasteiger partial charge in [0, 0.05) is 24.3 Å². The number of rotatable bonds is 15. The van der Waals surface area contributed by atoms with Gasteiger partial charge in [-0.25, -0.2) is 0 Å². The fraction of sp³-hybridized carbons (Fsp3) is 1.00. The highest BCUT2D eigenvalue weighted by Crippen LogP contribution is 2.39. The van der Waals surface area contributed by atoms with Crippen molar-refractivity contribution in [2.45, 2.75) is 149 Å². The fourth-order valence-corrected chi connectivity index (χ4v) is 4.54. The topological polar surface area (TPSA) is 50.8 Å². The Kier molecular flexibility index (Phi) is 12.4. The van der Waals surface area contributed by atoms with E-state index in [0.717, 1.165) is 58.2 Å². The molecule has 0 saturated carbocycles. The highest BCUT2D eigenvalue weighted by molar-refractivity contribution is 4.96. The van der Waals surface area contributed by atoms with Crippen molar-refractivity contribution >= 4 is 0 Å². The van der Waals surface area contributed by atoms with Crippen molar-refractivity contribution in [2.24, 2.45) is 0 Å². The van der Waals surface area contributed by atoms with Gasteiger partial charge in [-0.15, -0.1) is 10.3 Å². The lowest BCUT2D eigenvalue weighted by Gasteiger charge is -2.50. The van der Waals surface area contributed by atoms with Crippen molar-refractivity contribution in [1.82, 2.24) is 5.06 Å². The van der Waals surface area contributed by atoms with E-state index < -0.39 is 0 Å². The predicted octanol–water partition coefficient (Wildman–Crippen LogP) is 6.32. The van der Waals surface area contributed by atoms with Gasteiger partial charge < -0.3 is 14.2 Å². The average Bonchev–Trinajstić information content (AvgIpc) is 2.66. The molecular formula is C25H50NO4. The lowest BCUT2D eigenvalue weighted by molar-refractivity contribution is -0.303. The normalized spacial score (nSPS) is 22.7. The van der Waals surface area contributed by atoms with E-state index in [0.29, 0.717) is 6.10 Å². The summed E-state index contributed by atoms with van der Waals surface area (Å²) >= 11 is 0. The van der Waals surface area contributed by atoms with E-state index in [2.05, 4.69) is 27.7 Å². The lowest BCUT2D eigenvalue weighted by Crippen LogP contribution is -2.60. The molecule has 3 atom stereocenters. The molecule has 30 heavy (non-hydrogen) atoms. The van der Waals surface area contributed by atoms with Gasteiger partial charge in [-0.1, -0.05) is 26.7 Å². The van der Waals surface area contributed by atoms with Crippen LogP contribution in [0.2, 0.25) is 0 Å². The van der Waals surface area contributed by atoms with E-state index in [1.165, 1.54) is 17.9 Å². The van der Waals surface area contributed by atoms with E-state index in [-0.39, 0.29) is 29.4 Å². The van der Waals surface area contributed by atoms with Crippen LogP contribution in [-0.4, -0.2) is 53.8 Å². The SMILES string of the molecule is CCC(C)OCCCCCCOC(C)CC(CC)OC1CC(C)(C)N([O])C(C)(C)C1. The molecular weight excluding hydrogens is 378 g/mol. The molecule has 1 rings (SSSR count). The van der Waals surface area contributed by atoms with E-state index in [1.54, 1.807) is 0 Å². The molecule has 0 aromatic carbocycles. The van der Waals surface area contributed by atoms with Crippen LogP contribution < -0.4 is 0 Å². The zero-order valence-corrected chi connectivity index (χ0v) is 21.2.